The van der Waals surface area contributed by atoms with Gasteiger partial charge in [-0.2, -0.15) is 5.26 Å². The van der Waals surface area contributed by atoms with E-state index < -0.39 is 10.0 Å². The van der Waals surface area contributed by atoms with Crippen molar-refractivity contribution in [2.75, 3.05) is 30.8 Å². The fourth-order valence-corrected chi connectivity index (χ4v) is 5.18. The van der Waals surface area contributed by atoms with Crippen molar-refractivity contribution in [3.8, 4) is 22.9 Å². The van der Waals surface area contributed by atoms with Gasteiger partial charge < -0.3 is 10.1 Å². The number of nitrogens with one attached hydrogen (secondary N) is 1. The molecule has 3 aromatic rings. The molecule has 0 bridgehead atoms. The molecule has 1 aliphatic rings. The van der Waals surface area contributed by atoms with Gasteiger partial charge in [0.2, 0.25) is 10.0 Å². The number of aromatic nitrogens is 1. The van der Waals surface area contributed by atoms with Crippen LogP contribution in [-0.2, 0) is 10.0 Å². The highest BCUT2D eigenvalue weighted by Crippen LogP contribution is 2.33. The molecule has 0 aliphatic carbocycles. The molecular weight excluding hydrogens is 424 g/mol. The van der Waals surface area contributed by atoms with Gasteiger partial charge in [0.05, 0.1) is 5.75 Å². The van der Waals surface area contributed by atoms with Gasteiger partial charge in [0.1, 0.15) is 11.8 Å². The Balaban J connectivity index is 1.61. The molecule has 2 aromatic carbocycles. The van der Waals surface area contributed by atoms with Gasteiger partial charge in [0.25, 0.3) is 0 Å². The monoisotopic (exact) mass is 450 g/mol. The molecule has 1 fully saturated rings. The quantitative estimate of drug-likeness (QED) is 0.584. The molecule has 1 saturated heterocycles. The zero-order valence-corrected chi connectivity index (χ0v) is 18.8. The van der Waals surface area contributed by atoms with E-state index in [1.807, 2.05) is 42.6 Å². The topological polar surface area (TPSA) is 95.3 Å². The van der Waals surface area contributed by atoms with Gasteiger partial charge in [0.15, 0.2) is 6.61 Å². The van der Waals surface area contributed by atoms with Crippen LogP contribution in [0.15, 0.2) is 54.9 Å². The maximum absolute atomic E-state index is 12.2. The number of anilines is 1. The Hall–Kier alpha value is -3.15. The predicted molar refractivity (Wildman–Crippen MR) is 126 cm³/mol. The molecule has 32 heavy (non-hydrogen) atoms. The van der Waals surface area contributed by atoms with E-state index in [9.17, 15) is 8.42 Å². The summed E-state index contributed by atoms with van der Waals surface area (Å²) in [6, 6.07) is 16.1. The maximum atomic E-state index is 12.2. The van der Waals surface area contributed by atoms with Crippen molar-refractivity contribution in [3.63, 3.8) is 0 Å². The molecular formula is C24H26N4O3S. The number of hydrogen-bond acceptors (Lipinski definition) is 6. The van der Waals surface area contributed by atoms with Gasteiger partial charge in [0, 0.05) is 42.6 Å². The number of sulfonamides is 1. The van der Waals surface area contributed by atoms with Gasteiger partial charge in [-0.05, 0) is 66.6 Å². The number of benzene rings is 2. The molecule has 1 aliphatic heterocycles. The Labute approximate surface area is 188 Å². The van der Waals surface area contributed by atoms with Crippen LogP contribution < -0.4 is 10.1 Å². The average molecular weight is 451 g/mol. The molecule has 0 amide bonds. The first-order chi connectivity index (χ1) is 15.5. The average Bonchev–Trinajstić information content (AvgIpc) is 2.83. The summed E-state index contributed by atoms with van der Waals surface area (Å²) in [7, 11) is -3.14. The summed E-state index contributed by atoms with van der Waals surface area (Å²) >= 11 is 0. The van der Waals surface area contributed by atoms with Crippen molar-refractivity contribution < 1.29 is 13.2 Å². The standard InChI is InChI=1S/C24H26N4O3S/c1-2-32(29,30)28-11-7-21(8-12-28)27-24-16-20(14-19-6-10-26-17-23(19)24)18-4-3-5-22(15-18)31-13-9-25/h3-6,10,14-17,21,27H,2,7-8,11-13H2,1H3. The van der Waals surface area contributed by atoms with Crippen LogP contribution >= 0.6 is 0 Å². The molecule has 1 aromatic heterocycles. The highest BCUT2D eigenvalue weighted by Gasteiger charge is 2.26. The zero-order chi connectivity index (χ0) is 22.6. The lowest BCUT2D eigenvalue weighted by atomic mass is 9.99. The van der Waals surface area contributed by atoms with Crippen LogP contribution in [0.25, 0.3) is 21.9 Å². The summed E-state index contributed by atoms with van der Waals surface area (Å²) in [4.78, 5) is 4.29. The van der Waals surface area contributed by atoms with Gasteiger partial charge in [-0.25, -0.2) is 12.7 Å². The maximum Gasteiger partial charge on any atom is 0.213 e. The Morgan fingerprint density at radius 3 is 2.75 bits per heavy atom. The van der Waals surface area contributed by atoms with Crippen molar-refractivity contribution in [1.29, 1.82) is 5.26 Å². The minimum Gasteiger partial charge on any atom is -0.479 e. The fourth-order valence-electron chi connectivity index (χ4n) is 4.05. The van der Waals surface area contributed by atoms with Crippen LogP contribution in [0.1, 0.15) is 19.8 Å². The van der Waals surface area contributed by atoms with Gasteiger partial charge in [-0.1, -0.05) is 12.1 Å². The van der Waals surface area contributed by atoms with Gasteiger partial charge >= 0.3 is 0 Å². The molecule has 0 unspecified atom stereocenters. The first kappa shape index (κ1) is 22.1. The van der Waals surface area contributed by atoms with E-state index in [2.05, 4.69) is 22.4 Å². The minimum atomic E-state index is -3.14. The highest BCUT2D eigenvalue weighted by atomic mass is 32.2. The number of piperidine rings is 1. The number of nitrogens with zero attached hydrogens (tertiary/aromatic N) is 3. The molecule has 8 heteroatoms. The van der Waals surface area contributed by atoms with E-state index in [0.717, 1.165) is 40.4 Å². The van der Waals surface area contributed by atoms with E-state index in [0.29, 0.717) is 18.8 Å². The lowest BCUT2D eigenvalue weighted by molar-refractivity contribution is 0.330. The molecule has 0 atom stereocenters. The fraction of sp³-hybridized carbons (Fsp3) is 0.333. The zero-order valence-electron chi connectivity index (χ0n) is 18.0. The Kier molecular flexibility index (Phi) is 6.58. The normalized spacial score (nSPS) is 15.4. The molecule has 2 heterocycles. The largest absolute Gasteiger partial charge is 0.479 e. The number of hydrogen-bond donors (Lipinski definition) is 1. The Morgan fingerprint density at radius 2 is 2.00 bits per heavy atom. The summed E-state index contributed by atoms with van der Waals surface area (Å²) in [5.41, 5.74) is 3.00. The Morgan fingerprint density at radius 1 is 1.19 bits per heavy atom. The lowest BCUT2D eigenvalue weighted by Crippen LogP contribution is -2.42. The van der Waals surface area contributed by atoms with E-state index in [1.54, 1.807) is 17.4 Å². The van der Waals surface area contributed by atoms with Crippen LogP contribution in [0, 0.1) is 11.3 Å². The van der Waals surface area contributed by atoms with Gasteiger partial charge in [-0.15, -0.1) is 0 Å². The van der Waals surface area contributed by atoms with E-state index >= 15 is 0 Å². The van der Waals surface area contributed by atoms with Crippen LogP contribution in [0.5, 0.6) is 5.75 Å². The third-order valence-electron chi connectivity index (χ3n) is 5.80. The molecule has 0 spiro atoms. The first-order valence-corrected chi connectivity index (χ1v) is 12.3. The summed E-state index contributed by atoms with van der Waals surface area (Å²) < 4.78 is 31.4. The molecule has 166 valence electrons. The second-order valence-corrected chi connectivity index (χ2v) is 10.1. The SMILES string of the molecule is CCS(=O)(=O)N1CCC(Nc2cc(-c3cccc(OCC#N)c3)cc3ccncc23)CC1. The summed E-state index contributed by atoms with van der Waals surface area (Å²) in [5, 5.41) is 14.5. The molecule has 0 radical (unpaired) electrons. The van der Waals surface area contributed by atoms with Crippen LogP contribution in [0.4, 0.5) is 5.69 Å². The van der Waals surface area contributed by atoms with Crippen molar-refractivity contribution in [1.82, 2.24) is 9.29 Å². The third kappa shape index (κ3) is 4.85. The minimum absolute atomic E-state index is 0.00605. The van der Waals surface area contributed by atoms with Crippen molar-refractivity contribution >= 4 is 26.5 Å². The smallest absolute Gasteiger partial charge is 0.213 e. The van der Waals surface area contributed by atoms with Crippen molar-refractivity contribution in [2.24, 2.45) is 0 Å². The number of fused-ring (bicyclic) bond motifs is 1. The number of rotatable bonds is 7. The summed E-state index contributed by atoms with van der Waals surface area (Å²) in [5.74, 6) is 0.790. The van der Waals surface area contributed by atoms with Crippen LogP contribution in [0.2, 0.25) is 0 Å². The van der Waals surface area contributed by atoms with Crippen LogP contribution in [0.3, 0.4) is 0 Å². The van der Waals surface area contributed by atoms with E-state index in [4.69, 9.17) is 10.00 Å². The van der Waals surface area contributed by atoms with Crippen LogP contribution in [-0.4, -0.2) is 49.2 Å². The van der Waals surface area contributed by atoms with Crippen molar-refractivity contribution in [3.05, 3.63) is 54.9 Å². The van der Waals surface area contributed by atoms with Crippen molar-refractivity contribution in [2.45, 2.75) is 25.8 Å². The number of nitriles is 1. The summed E-state index contributed by atoms with van der Waals surface area (Å²) in [6.07, 6.45) is 5.13. The highest BCUT2D eigenvalue weighted by molar-refractivity contribution is 7.89. The third-order valence-corrected chi connectivity index (χ3v) is 7.68. The molecule has 4 rings (SSSR count). The predicted octanol–water partition coefficient (Wildman–Crippen LogP) is 4.03. The van der Waals surface area contributed by atoms with E-state index in [-0.39, 0.29) is 18.4 Å². The van der Waals surface area contributed by atoms with E-state index in [1.165, 1.54) is 0 Å². The Bertz CT molecular complexity index is 1250. The molecule has 1 N–H and O–H groups in total. The number of pyridine rings is 1. The first-order valence-electron chi connectivity index (χ1n) is 10.7. The van der Waals surface area contributed by atoms with Gasteiger partial charge in [-0.3, -0.25) is 4.98 Å². The second-order valence-electron chi connectivity index (χ2n) is 7.81. The second kappa shape index (κ2) is 9.55. The lowest BCUT2D eigenvalue weighted by Gasteiger charge is -2.32. The molecule has 0 saturated carbocycles. The molecule has 7 nitrogen and oxygen atoms in total. The summed E-state index contributed by atoms with van der Waals surface area (Å²) in [6.45, 7) is 2.75. The number of ether oxygens (including phenoxy) is 1.